The smallest absolute Gasteiger partial charge is 0.282 e. The molecule has 3 aliphatic rings. The molecule has 1 atom stereocenters. The lowest BCUT2D eigenvalue weighted by Crippen LogP contribution is -2.47. The van der Waals surface area contributed by atoms with Gasteiger partial charge in [-0.25, -0.2) is 9.97 Å². The van der Waals surface area contributed by atoms with E-state index in [0.717, 1.165) is 61.7 Å². The second-order valence-corrected chi connectivity index (χ2v) is 9.27. The zero-order chi connectivity index (χ0) is 18.1. The first-order valence-corrected chi connectivity index (χ1v) is 11.0. The second kappa shape index (κ2) is 7.38. The zero-order valence-corrected chi connectivity index (χ0v) is 16.2. The lowest BCUT2D eigenvalue weighted by Gasteiger charge is -2.34. The van der Waals surface area contributed by atoms with E-state index in [4.69, 9.17) is 9.97 Å². The van der Waals surface area contributed by atoms with E-state index in [1.165, 1.54) is 0 Å². The molecule has 0 spiro atoms. The predicted octanol–water partition coefficient (Wildman–Crippen LogP) is 0.684. The first kappa shape index (κ1) is 18.1. The van der Waals surface area contributed by atoms with Crippen molar-refractivity contribution in [1.29, 1.82) is 0 Å². The van der Waals surface area contributed by atoms with Crippen LogP contribution in [0.1, 0.15) is 48.7 Å². The molecule has 9 heteroatoms. The average Bonchev–Trinajstić information content (AvgIpc) is 3.22. The van der Waals surface area contributed by atoms with Crippen molar-refractivity contribution in [2.75, 3.05) is 45.1 Å². The minimum atomic E-state index is -3.41. The molecule has 4 rings (SSSR count). The summed E-state index contributed by atoms with van der Waals surface area (Å²) in [6, 6.07) is 0. The molecule has 2 saturated heterocycles. The van der Waals surface area contributed by atoms with E-state index in [2.05, 4.69) is 10.6 Å². The lowest BCUT2D eigenvalue weighted by molar-refractivity contribution is 0.293. The van der Waals surface area contributed by atoms with Crippen molar-refractivity contribution in [3.8, 4) is 0 Å². The number of hydrogen-bond acceptors (Lipinski definition) is 6. The van der Waals surface area contributed by atoms with Crippen LogP contribution in [0.3, 0.4) is 0 Å². The zero-order valence-electron chi connectivity index (χ0n) is 15.4. The molecule has 26 heavy (non-hydrogen) atoms. The summed E-state index contributed by atoms with van der Waals surface area (Å²) in [5, 5.41) is 6.54. The fourth-order valence-electron chi connectivity index (χ4n) is 4.15. The molecule has 2 N–H and O–H groups in total. The van der Waals surface area contributed by atoms with Gasteiger partial charge in [0.05, 0.1) is 12.2 Å². The molecule has 4 heterocycles. The molecule has 0 bridgehead atoms. The first-order valence-electron chi connectivity index (χ1n) is 9.63. The van der Waals surface area contributed by atoms with Crippen LogP contribution >= 0.6 is 0 Å². The van der Waals surface area contributed by atoms with Crippen LogP contribution in [0.25, 0.3) is 0 Å². The number of fused-ring (bicyclic) bond motifs is 1. The summed E-state index contributed by atoms with van der Waals surface area (Å²) in [5.41, 5.74) is 1.92. The summed E-state index contributed by atoms with van der Waals surface area (Å²) >= 11 is 0. The van der Waals surface area contributed by atoms with Crippen molar-refractivity contribution in [2.45, 2.75) is 44.6 Å². The monoisotopic (exact) mass is 380 g/mol. The summed E-state index contributed by atoms with van der Waals surface area (Å²) in [6.45, 7) is 3.98. The Labute approximate surface area is 155 Å². The third-order valence-corrected chi connectivity index (χ3v) is 7.66. The maximum absolute atomic E-state index is 13.0. The van der Waals surface area contributed by atoms with Gasteiger partial charge in [-0.2, -0.15) is 17.0 Å². The fourth-order valence-corrected chi connectivity index (χ4v) is 5.80. The van der Waals surface area contributed by atoms with Gasteiger partial charge >= 0.3 is 0 Å². The SMILES string of the molecule is CNc1nc(C2CCNC2)nc2c1CCN(S(=O)(=O)N1CCCCC1)C2. The highest BCUT2D eigenvalue weighted by Gasteiger charge is 2.35. The van der Waals surface area contributed by atoms with Crippen molar-refractivity contribution in [3.63, 3.8) is 0 Å². The van der Waals surface area contributed by atoms with E-state index in [1.807, 2.05) is 7.05 Å². The summed E-state index contributed by atoms with van der Waals surface area (Å²) < 4.78 is 29.3. The molecule has 1 unspecified atom stereocenters. The van der Waals surface area contributed by atoms with Gasteiger partial charge in [-0.05, 0) is 32.2 Å². The summed E-state index contributed by atoms with van der Waals surface area (Å²) in [6.07, 6.45) is 4.70. The van der Waals surface area contributed by atoms with Crippen LogP contribution in [0.2, 0.25) is 0 Å². The van der Waals surface area contributed by atoms with Crippen LogP contribution in [0.5, 0.6) is 0 Å². The van der Waals surface area contributed by atoms with Crippen molar-refractivity contribution in [2.24, 2.45) is 0 Å². The second-order valence-electron chi connectivity index (χ2n) is 7.35. The summed E-state index contributed by atoms with van der Waals surface area (Å²) in [5.74, 6) is 1.99. The van der Waals surface area contributed by atoms with Crippen LogP contribution in [0, 0.1) is 0 Å². The van der Waals surface area contributed by atoms with Gasteiger partial charge in [0, 0.05) is 44.7 Å². The summed E-state index contributed by atoms with van der Waals surface area (Å²) in [4.78, 5) is 9.52. The van der Waals surface area contributed by atoms with E-state index >= 15 is 0 Å². The molecule has 2 fully saturated rings. The Morgan fingerprint density at radius 3 is 2.62 bits per heavy atom. The molecule has 0 amide bonds. The molecule has 1 aromatic heterocycles. The normalized spacial score (nSPS) is 25.2. The Morgan fingerprint density at radius 2 is 1.92 bits per heavy atom. The van der Waals surface area contributed by atoms with Gasteiger partial charge in [-0.3, -0.25) is 0 Å². The molecule has 0 saturated carbocycles. The molecule has 3 aliphatic heterocycles. The fraction of sp³-hybridized carbons (Fsp3) is 0.765. The lowest BCUT2D eigenvalue weighted by atomic mass is 10.0. The van der Waals surface area contributed by atoms with E-state index in [1.54, 1.807) is 8.61 Å². The minimum absolute atomic E-state index is 0.307. The Hall–Kier alpha value is -1.29. The number of piperidine rings is 1. The van der Waals surface area contributed by atoms with Gasteiger partial charge in [0.15, 0.2) is 0 Å². The van der Waals surface area contributed by atoms with E-state index in [0.29, 0.717) is 38.5 Å². The van der Waals surface area contributed by atoms with Gasteiger partial charge < -0.3 is 10.6 Å². The van der Waals surface area contributed by atoms with Crippen molar-refractivity contribution >= 4 is 16.0 Å². The van der Waals surface area contributed by atoms with Crippen LogP contribution in [-0.4, -0.2) is 66.8 Å². The van der Waals surface area contributed by atoms with Crippen LogP contribution in [-0.2, 0) is 23.2 Å². The predicted molar refractivity (Wildman–Crippen MR) is 100 cm³/mol. The molecule has 1 aromatic rings. The Morgan fingerprint density at radius 1 is 1.12 bits per heavy atom. The molecule has 8 nitrogen and oxygen atoms in total. The van der Waals surface area contributed by atoms with E-state index in [9.17, 15) is 8.42 Å². The average molecular weight is 381 g/mol. The van der Waals surface area contributed by atoms with Gasteiger partial charge in [0.2, 0.25) is 0 Å². The molecule has 0 aliphatic carbocycles. The Bertz CT molecular complexity index is 757. The molecule has 0 aromatic carbocycles. The highest BCUT2D eigenvalue weighted by molar-refractivity contribution is 7.86. The van der Waals surface area contributed by atoms with Crippen molar-refractivity contribution in [1.82, 2.24) is 23.9 Å². The highest BCUT2D eigenvalue weighted by atomic mass is 32.2. The van der Waals surface area contributed by atoms with E-state index < -0.39 is 10.2 Å². The third kappa shape index (κ3) is 3.33. The Balaban J connectivity index is 1.61. The summed E-state index contributed by atoms with van der Waals surface area (Å²) in [7, 11) is -1.53. The largest absolute Gasteiger partial charge is 0.373 e. The van der Waals surface area contributed by atoms with Crippen LogP contribution in [0.4, 0.5) is 5.82 Å². The third-order valence-electron chi connectivity index (χ3n) is 5.68. The number of hydrogen-bond donors (Lipinski definition) is 2. The molecular weight excluding hydrogens is 352 g/mol. The number of nitrogens with one attached hydrogen (secondary N) is 2. The highest BCUT2D eigenvalue weighted by Crippen LogP contribution is 2.29. The van der Waals surface area contributed by atoms with Gasteiger partial charge in [-0.15, -0.1) is 0 Å². The maximum Gasteiger partial charge on any atom is 0.282 e. The topological polar surface area (TPSA) is 90.5 Å². The molecular formula is C17H28N6O2S. The van der Waals surface area contributed by atoms with Gasteiger partial charge in [-0.1, -0.05) is 6.42 Å². The van der Waals surface area contributed by atoms with Gasteiger partial charge in [0.1, 0.15) is 11.6 Å². The maximum atomic E-state index is 13.0. The first-order chi connectivity index (χ1) is 12.6. The molecule has 0 radical (unpaired) electrons. The molecule has 144 valence electrons. The standard InChI is InChI=1S/C17H28N6O2S/c1-18-17-14-6-10-23(26(24,25)22-8-3-2-4-9-22)12-15(14)20-16(21-17)13-5-7-19-11-13/h13,19H,2-12H2,1H3,(H,18,20,21). The minimum Gasteiger partial charge on any atom is -0.373 e. The van der Waals surface area contributed by atoms with E-state index in [-0.39, 0.29) is 0 Å². The quantitative estimate of drug-likeness (QED) is 0.799. The number of anilines is 1. The van der Waals surface area contributed by atoms with Gasteiger partial charge in [0.25, 0.3) is 10.2 Å². The van der Waals surface area contributed by atoms with Crippen molar-refractivity contribution in [3.05, 3.63) is 17.1 Å². The Kier molecular flexibility index (Phi) is 5.13. The van der Waals surface area contributed by atoms with Crippen LogP contribution < -0.4 is 10.6 Å². The number of aromatic nitrogens is 2. The number of nitrogens with zero attached hydrogens (tertiary/aromatic N) is 4. The van der Waals surface area contributed by atoms with Crippen LogP contribution in [0.15, 0.2) is 0 Å². The van der Waals surface area contributed by atoms with Crippen molar-refractivity contribution < 1.29 is 8.42 Å². The number of rotatable bonds is 4.